The van der Waals surface area contributed by atoms with E-state index in [0.717, 1.165) is 6.07 Å². The summed E-state index contributed by atoms with van der Waals surface area (Å²) < 4.78 is 27.7. The van der Waals surface area contributed by atoms with E-state index in [1.165, 1.54) is 29.2 Å². The van der Waals surface area contributed by atoms with Gasteiger partial charge in [-0.15, -0.1) is 0 Å². The molecule has 1 heterocycles. The van der Waals surface area contributed by atoms with Crippen LogP contribution in [0.5, 0.6) is 0 Å². The van der Waals surface area contributed by atoms with E-state index in [2.05, 4.69) is 10.4 Å². The Bertz CT molecular complexity index is 625. The molecule has 0 aliphatic heterocycles. The zero-order chi connectivity index (χ0) is 15.4. The lowest BCUT2D eigenvalue weighted by molar-refractivity contribution is -0.385. The average molecular weight is 296 g/mol. The van der Waals surface area contributed by atoms with Crippen LogP contribution in [-0.2, 0) is 6.54 Å². The highest BCUT2D eigenvalue weighted by Crippen LogP contribution is 2.15. The Kier molecular flexibility index (Phi) is 4.59. The Balaban J connectivity index is 1.88. The standard InChI is InChI=1S/C13H14F2N4O2/c1-9(10-4-11(14)6-12(15)5-10)16-2-3-18-8-13(7-17-18)19(20)21/h4-9,16H,2-3H2,1H3. The number of rotatable bonds is 6. The van der Waals surface area contributed by atoms with Crippen molar-refractivity contribution < 1.29 is 13.7 Å². The summed E-state index contributed by atoms with van der Waals surface area (Å²) in [4.78, 5) is 9.99. The van der Waals surface area contributed by atoms with Gasteiger partial charge in [-0.2, -0.15) is 5.10 Å². The number of nitrogens with zero attached hydrogens (tertiary/aromatic N) is 3. The summed E-state index contributed by atoms with van der Waals surface area (Å²) in [5, 5.41) is 17.4. The molecule has 2 aromatic rings. The lowest BCUT2D eigenvalue weighted by atomic mass is 10.1. The minimum atomic E-state index is -0.624. The lowest BCUT2D eigenvalue weighted by Crippen LogP contribution is -2.23. The first-order chi connectivity index (χ1) is 9.95. The maximum absolute atomic E-state index is 13.1. The van der Waals surface area contributed by atoms with Gasteiger partial charge in [0.1, 0.15) is 24.0 Å². The highest BCUT2D eigenvalue weighted by Gasteiger charge is 2.10. The molecule has 0 spiro atoms. The molecule has 0 saturated carbocycles. The second-order valence-electron chi connectivity index (χ2n) is 4.60. The smallest absolute Gasteiger partial charge is 0.306 e. The van der Waals surface area contributed by atoms with E-state index in [9.17, 15) is 18.9 Å². The molecule has 0 aliphatic carbocycles. The van der Waals surface area contributed by atoms with Crippen LogP contribution in [-0.4, -0.2) is 21.2 Å². The minimum absolute atomic E-state index is 0.0738. The molecular formula is C13H14F2N4O2. The molecule has 1 aromatic carbocycles. The van der Waals surface area contributed by atoms with Crippen LogP contribution in [0.15, 0.2) is 30.6 Å². The molecular weight excluding hydrogens is 282 g/mol. The van der Waals surface area contributed by atoms with Crippen molar-refractivity contribution >= 4 is 5.69 Å². The van der Waals surface area contributed by atoms with E-state index < -0.39 is 16.6 Å². The number of nitrogens with one attached hydrogen (secondary N) is 1. The molecule has 1 aromatic heterocycles. The van der Waals surface area contributed by atoms with E-state index in [4.69, 9.17) is 0 Å². The van der Waals surface area contributed by atoms with E-state index in [0.29, 0.717) is 18.7 Å². The second-order valence-corrected chi connectivity index (χ2v) is 4.60. The number of aromatic nitrogens is 2. The number of benzene rings is 1. The maximum atomic E-state index is 13.1. The Hall–Kier alpha value is -2.35. The van der Waals surface area contributed by atoms with Gasteiger partial charge in [0.25, 0.3) is 0 Å². The van der Waals surface area contributed by atoms with Crippen molar-refractivity contribution in [2.75, 3.05) is 6.54 Å². The molecule has 0 fully saturated rings. The highest BCUT2D eigenvalue weighted by atomic mass is 19.1. The lowest BCUT2D eigenvalue weighted by Gasteiger charge is -2.14. The first-order valence-electron chi connectivity index (χ1n) is 6.32. The third-order valence-electron chi connectivity index (χ3n) is 3.01. The molecule has 1 atom stereocenters. The van der Waals surface area contributed by atoms with Crippen molar-refractivity contribution in [3.05, 3.63) is 57.9 Å². The van der Waals surface area contributed by atoms with Gasteiger partial charge >= 0.3 is 5.69 Å². The third kappa shape index (κ3) is 4.06. The summed E-state index contributed by atoms with van der Waals surface area (Å²) in [5.41, 5.74) is 0.425. The van der Waals surface area contributed by atoms with Gasteiger partial charge in [0.15, 0.2) is 0 Å². The summed E-state index contributed by atoms with van der Waals surface area (Å²) in [6.45, 7) is 2.65. The van der Waals surface area contributed by atoms with E-state index >= 15 is 0 Å². The summed E-state index contributed by atoms with van der Waals surface area (Å²) in [7, 11) is 0. The van der Waals surface area contributed by atoms with Crippen LogP contribution in [0.25, 0.3) is 0 Å². The average Bonchev–Trinajstić information content (AvgIpc) is 2.86. The highest BCUT2D eigenvalue weighted by molar-refractivity contribution is 5.21. The van der Waals surface area contributed by atoms with Gasteiger partial charge in [0.2, 0.25) is 0 Å². The number of nitro groups is 1. The fourth-order valence-corrected chi connectivity index (χ4v) is 1.91. The zero-order valence-electron chi connectivity index (χ0n) is 11.3. The van der Waals surface area contributed by atoms with Crippen molar-refractivity contribution in [1.82, 2.24) is 15.1 Å². The largest absolute Gasteiger partial charge is 0.308 e. The summed E-state index contributed by atoms with van der Waals surface area (Å²) in [6, 6.07) is 3.10. The Morgan fingerprint density at radius 2 is 2.05 bits per heavy atom. The predicted octanol–water partition coefficient (Wildman–Crippen LogP) is 2.42. The van der Waals surface area contributed by atoms with Gasteiger partial charge < -0.3 is 5.32 Å². The van der Waals surface area contributed by atoms with Crippen molar-refractivity contribution in [1.29, 1.82) is 0 Å². The maximum Gasteiger partial charge on any atom is 0.306 e. The van der Waals surface area contributed by atoms with Crippen molar-refractivity contribution in [3.8, 4) is 0 Å². The van der Waals surface area contributed by atoms with Crippen LogP contribution in [0.3, 0.4) is 0 Å². The quantitative estimate of drug-likeness (QED) is 0.656. The summed E-state index contributed by atoms with van der Waals surface area (Å²) in [6.07, 6.45) is 2.50. The monoisotopic (exact) mass is 296 g/mol. The number of hydrogen-bond acceptors (Lipinski definition) is 4. The predicted molar refractivity (Wildman–Crippen MR) is 71.7 cm³/mol. The SMILES string of the molecule is CC(NCCn1cc([N+](=O)[O-])cn1)c1cc(F)cc(F)c1. The number of halogens is 2. The van der Waals surface area contributed by atoms with Gasteiger partial charge in [-0.25, -0.2) is 8.78 Å². The van der Waals surface area contributed by atoms with E-state index in [1.54, 1.807) is 6.92 Å². The van der Waals surface area contributed by atoms with Crippen LogP contribution >= 0.6 is 0 Å². The van der Waals surface area contributed by atoms with Gasteiger partial charge in [-0.3, -0.25) is 14.8 Å². The van der Waals surface area contributed by atoms with Gasteiger partial charge in [-0.05, 0) is 24.6 Å². The molecule has 21 heavy (non-hydrogen) atoms. The molecule has 8 heteroatoms. The van der Waals surface area contributed by atoms with E-state index in [-0.39, 0.29) is 11.7 Å². The molecule has 0 bridgehead atoms. The zero-order valence-corrected chi connectivity index (χ0v) is 11.3. The molecule has 0 radical (unpaired) electrons. The first kappa shape index (κ1) is 15.0. The normalized spacial score (nSPS) is 12.3. The van der Waals surface area contributed by atoms with Crippen molar-refractivity contribution in [2.24, 2.45) is 0 Å². The van der Waals surface area contributed by atoms with Crippen LogP contribution in [0.2, 0.25) is 0 Å². The van der Waals surface area contributed by atoms with Gasteiger partial charge in [-0.1, -0.05) is 0 Å². The van der Waals surface area contributed by atoms with Crippen molar-refractivity contribution in [2.45, 2.75) is 19.5 Å². The molecule has 0 amide bonds. The topological polar surface area (TPSA) is 73.0 Å². The van der Waals surface area contributed by atoms with Gasteiger partial charge in [0.05, 0.1) is 11.5 Å². The first-order valence-corrected chi connectivity index (χ1v) is 6.32. The molecule has 0 aliphatic rings. The van der Waals surface area contributed by atoms with Crippen LogP contribution in [0, 0.1) is 21.7 Å². The third-order valence-corrected chi connectivity index (χ3v) is 3.01. The molecule has 6 nitrogen and oxygen atoms in total. The van der Waals surface area contributed by atoms with Gasteiger partial charge in [0, 0.05) is 18.7 Å². The Morgan fingerprint density at radius 3 is 2.62 bits per heavy atom. The molecule has 0 saturated heterocycles. The Morgan fingerprint density at radius 1 is 1.38 bits per heavy atom. The molecule has 1 unspecified atom stereocenters. The van der Waals surface area contributed by atoms with Crippen LogP contribution in [0.1, 0.15) is 18.5 Å². The molecule has 112 valence electrons. The van der Waals surface area contributed by atoms with Crippen molar-refractivity contribution in [3.63, 3.8) is 0 Å². The van der Waals surface area contributed by atoms with E-state index in [1.807, 2.05) is 0 Å². The minimum Gasteiger partial charge on any atom is -0.308 e. The molecule has 1 N–H and O–H groups in total. The number of hydrogen-bond donors (Lipinski definition) is 1. The fourth-order valence-electron chi connectivity index (χ4n) is 1.91. The van der Waals surface area contributed by atoms with Crippen LogP contribution in [0.4, 0.5) is 14.5 Å². The molecule has 2 rings (SSSR count). The summed E-state index contributed by atoms with van der Waals surface area (Å²) in [5.74, 6) is -1.25. The fraction of sp³-hybridized carbons (Fsp3) is 0.308. The summed E-state index contributed by atoms with van der Waals surface area (Å²) >= 11 is 0. The Labute approximate surface area is 119 Å². The van der Waals surface area contributed by atoms with Crippen LogP contribution < -0.4 is 5.32 Å². The second kappa shape index (κ2) is 6.40.